The molecule has 0 aliphatic rings. The van der Waals surface area contributed by atoms with Gasteiger partial charge in [0.1, 0.15) is 0 Å². The average Bonchev–Trinajstić information content (AvgIpc) is 2.21. The lowest BCUT2D eigenvalue weighted by Crippen LogP contribution is -1.85. The number of hydrogen-bond donors (Lipinski definition) is 1. The Balaban J connectivity index is 2.96. The Morgan fingerprint density at radius 1 is 1.29 bits per heavy atom. The number of nitrogens with two attached hydrogens (primary N) is 1. The van der Waals surface area contributed by atoms with Gasteiger partial charge in [0, 0.05) is 5.69 Å². The van der Waals surface area contributed by atoms with Gasteiger partial charge in [-0.05, 0) is 30.2 Å². The zero-order chi connectivity index (χ0) is 10.4. The van der Waals surface area contributed by atoms with Crippen LogP contribution in [-0.4, -0.2) is 0 Å². The average molecular weight is 185 g/mol. The van der Waals surface area contributed by atoms with Crippen LogP contribution >= 0.6 is 0 Å². The minimum Gasteiger partial charge on any atom is -0.399 e. The van der Waals surface area contributed by atoms with Gasteiger partial charge in [0.05, 0.1) is 0 Å². The molecule has 0 aromatic heterocycles. The Bertz CT molecular complexity index is 355. The number of rotatable bonds is 3. The van der Waals surface area contributed by atoms with Crippen molar-refractivity contribution >= 4 is 11.3 Å². The predicted octanol–water partition coefficient (Wildman–Crippen LogP) is 3.41. The van der Waals surface area contributed by atoms with Gasteiger partial charge in [0.15, 0.2) is 0 Å². The monoisotopic (exact) mass is 185 g/mol. The van der Waals surface area contributed by atoms with E-state index < -0.39 is 0 Å². The van der Waals surface area contributed by atoms with E-state index in [9.17, 15) is 0 Å². The molecule has 0 saturated heterocycles. The van der Waals surface area contributed by atoms with Gasteiger partial charge in [-0.15, -0.1) is 0 Å². The fraction of sp³-hybridized carbons (Fsp3) is 0.0769. The van der Waals surface area contributed by atoms with Crippen LogP contribution in [-0.2, 0) is 0 Å². The highest BCUT2D eigenvalue weighted by atomic mass is 14.5. The van der Waals surface area contributed by atoms with Crippen LogP contribution in [0.4, 0.5) is 5.69 Å². The van der Waals surface area contributed by atoms with E-state index in [2.05, 4.69) is 12.7 Å². The summed E-state index contributed by atoms with van der Waals surface area (Å²) in [6, 6.07) is 7.83. The quantitative estimate of drug-likeness (QED) is 0.566. The maximum absolute atomic E-state index is 5.61. The lowest BCUT2D eigenvalue weighted by Gasteiger charge is -2.01. The minimum absolute atomic E-state index is 0.789. The summed E-state index contributed by atoms with van der Waals surface area (Å²) in [6.07, 6.45) is 7.77. The van der Waals surface area contributed by atoms with Gasteiger partial charge >= 0.3 is 0 Å². The summed E-state index contributed by atoms with van der Waals surface area (Å²) in [6.45, 7) is 5.65. The van der Waals surface area contributed by atoms with E-state index in [4.69, 9.17) is 5.73 Å². The molecule has 1 aromatic rings. The summed E-state index contributed by atoms with van der Waals surface area (Å²) >= 11 is 0. The standard InChI is InChI=1S/C13H15N/c1-3-5-6-11(4-2)12-7-9-13(14)10-8-12/h3-10H,1,14H2,2H3/b6-5-,11-4+. The Morgan fingerprint density at radius 3 is 2.43 bits per heavy atom. The first-order valence-electron chi connectivity index (χ1n) is 4.59. The molecule has 72 valence electrons. The molecular weight excluding hydrogens is 170 g/mol. The van der Waals surface area contributed by atoms with Gasteiger partial charge in [0.2, 0.25) is 0 Å². The fourth-order valence-corrected chi connectivity index (χ4v) is 1.21. The van der Waals surface area contributed by atoms with Crippen LogP contribution in [0, 0.1) is 0 Å². The molecule has 0 unspecified atom stereocenters. The first-order valence-corrected chi connectivity index (χ1v) is 4.59. The molecule has 2 N–H and O–H groups in total. The highest BCUT2D eigenvalue weighted by molar-refractivity contribution is 5.74. The molecular formula is C13H15N. The van der Waals surface area contributed by atoms with Gasteiger partial charge in [-0.25, -0.2) is 0 Å². The molecule has 1 aromatic carbocycles. The molecule has 0 amide bonds. The van der Waals surface area contributed by atoms with E-state index in [1.165, 1.54) is 11.1 Å². The molecule has 0 heterocycles. The van der Waals surface area contributed by atoms with Crippen molar-refractivity contribution in [2.75, 3.05) is 5.73 Å². The maximum atomic E-state index is 5.61. The third-order valence-corrected chi connectivity index (χ3v) is 1.97. The van der Waals surface area contributed by atoms with Crippen LogP contribution < -0.4 is 5.73 Å². The molecule has 0 atom stereocenters. The normalized spacial score (nSPS) is 11.9. The summed E-state index contributed by atoms with van der Waals surface area (Å²) < 4.78 is 0. The van der Waals surface area contributed by atoms with Gasteiger partial charge in [-0.3, -0.25) is 0 Å². The van der Waals surface area contributed by atoms with Gasteiger partial charge in [-0.2, -0.15) is 0 Å². The SMILES string of the molecule is C=C/C=C\C(=C/C)c1ccc(N)cc1. The van der Waals surface area contributed by atoms with Crippen molar-refractivity contribution in [2.45, 2.75) is 6.92 Å². The van der Waals surface area contributed by atoms with Crippen LogP contribution in [0.2, 0.25) is 0 Å². The molecule has 0 radical (unpaired) electrons. The van der Waals surface area contributed by atoms with Crippen molar-refractivity contribution in [1.29, 1.82) is 0 Å². The number of benzene rings is 1. The van der Waals surface area contributed by atoms with Gasteiger partial charge in [-0.1, -0.05) is 43.0 Å². The zero-order valence-electron chi connectivity index (χ0n) is 8.40. The Hall–Kier alpha value is -1.76. The minimum atomic E-state index is 0.789. The van der Waals surface area contributed by atoms with Gasteiger partial charge < -0.3 is 5.73 Å². The van der Waals surface area contributed by atoms with Crippen LogP contribution in [0.5, 0.6) is 0 Å². The molecule has 14 heavy (non-hydrogen) atoms. The Labute approximate surface area is 85.3 Å². The topological polar surface area (TPSA) is 26.0 Å². The molecule has 1 heteroatoms. The van der Waals surface area contributed by atoms with Gasteiger partial charge in [0.25, 0.3) is 0 Å². The smallest absolute Gasteiger partial charge is 0.0314 e. The molecule has 0 bridgehead atoms. The third-order valence-electron chi connectivity index (χ3n) is 1.97. The predicted molar refractivity (Wildman–Crippen MR) is 63.8 cm³/mol. The van der Waals surface area contributed by atoms with Crippen LogP contribution in [0.25, 0.3) is 5.57 Å². The van der Waals surface area contributed by atoms with Crippen LogP contribution in [0.15, 0.2) is 55.1 Å². The van der Waals surface area contributed by atoms with Crippen molar-refractivity contribution in [3.63, 3.8) is 0 Å². The molecule has 0 aliphatic carbocycles. The number of hydrogen-bond acceptors (Lipinski definition) is 1. The lowest BCUT2D eigenvalue weighted by molar-refractivity contribution is 1.59. The summed E-state index contributed by atoms with van der Waals surface area (Å²) in [5, 5.41) is 0. The lowest BCUT2D eigenvalue weighted by atomic mass is 10.1. The summed E-state index contributed by atoms with van der Waals surface area (Å²) in [5.41, 5.74) is 8.74. The second-order valence-corrected chi connectivity index (χ2v) is 2.96. The van der Waals surface area contributed by atoms with E-state index in [-0.39, 0.29) is 0 Å². The third kappa shape index (κ3) is 2.63. The number of nitrogen functional groups attached to an aromatic ring is 1. The highest BCUT2D eigenvalue weighted by Gasteiger charge is 1.94. The Morgan fingerprint density at radius 2 is 1.93 bits per heavy atom. The highest BCUT2D eigenvalue weighted by Crippen LogP contribution is 2.17. The molecule has 0 saturated carbocycles. The summed E-state index contributed by atoms with van der Waals surface area (Å²) in [5.74, 6) is 0. The van der Waals surface area contributed by atoms with Crippen LogP contribution in [0.3, 0.4) is 0 Å². The van der Waals surface area contributed by atoms with Crippen LogP contribution in [0.1, 0.15) is 12.5 Å². The maximum Gasteiger partial charge on any atom is 0.0314 e. The van der Waals surface area contributed by atoms with Crippen molar-refractivity contribution in [3.05, 3.63) is 60.7 Å². The molecule has 1 rings (SSSR count). The van der Waals surface area contributed by atoms with Crippen molar-refractivity contribution in [2.24, 2.45) is 0 Å². The molecule has 0 fully saturated rings. The molecule has 0 spiro atoms. The largest absolute Gasteiger partial charge is 0.399 e. The van der Waals surface area contributed by atoms with Crippen molar-refractivity contribution in [3.8, 4) is 0 Å². The second-order valence-electron chi connectivity index (χ2n) is 2.96. The number of allylic oxidation sites excluding steroid dienone is 5. The van der Waals surface area contributed by atoms with Crippen molar-refractivity contribution < 1.29 is 0 Å². The van der Waals surface area contributed by atoms with E-state index in [0.717, 1.165) is 5.69 Å². The molecule has 0 aliphatic heterocycles. The van der Waals surface area contributed by atoms with E-state index >= 15 is 0 Å². The van der Waals surface area contributed by atoms with E-state index in [1.807, 2.05) is 43.3 Å². The second kappa shape index (κ2) is 5.07. The molecule has 1 nitrogen and oxygen atoms in total. The zero-order valence-corrected chi connectivity index (χ0v) is 8.40. The summed E-state index contributed by atoms with van der Waals surface area (Å²) in [7, 11) is 0. The van der Waals surface area contributed by atoms with E-state index in [1.54, 1.807) is 6.08 Å². The van der Waals surface area contributed by atoms with E-state index in [0.29, 0.717) is 0 Å². The fourth-order valence-electron chi connectivity index (χ4n) is 1.21. The number of anilines is 1. The Kier molecular flexibility index (Phi) is 3.74. The summed E-state index contributed by atoms with van der Waals surface area (Å²) in [4.78, 5) is 0. The first-order chi connectivity index (χ1) is 6.77. The first kappa shape index (κ1) is 10.3. The van der Waals surface area contributed by atoms with Crippen molar-refractivity contribution in [1.82, 2.24) is 0 Å².